The summed E-state index contributed by atoms with van der Waals surface area (Å²) in [5.41, 5.74) is 0. The first-order valence-electron chi connectivity index (χ1n) is 3.49. The molecule has 0 radical (unpaired) electrons. The van der Waals surface area contributed by atoms with Gasteiger partial charge in [0.15, 0.2) is 0 Å². The van der Waals surface area contributed by atoms with Crippen molar-refractivity contribution in [3.8, 4) is 0 Å². The maximum Gasteiger partial charge on any atom is 0.303 e. The van der Waals surface area contributed by atoms with E-state index in [9.17, 15) is 4.79 Å². The molecule has 0 rings (SSSR count). The summed E-state index contributed by atoms with van der Waals surface area (Å²) < 4.78 is 0. The van der Waals surface area contributed by atoms with Crippen molar-refractivity contribution in [2.24, 2.45) is 0 Å². The van der Waals surface area contributed by atoms with Crippen LogP contribution in [0.4, 0.5) is 0 Å². The van der Waals surface area contributed by atoms with Gasteiger partial charge in [0.2, 0.25) is 0 Å². The number of unbranched alkanes of at least 4 members (excludes halogenated alkanes) is 1. The zero-order chi connectivity index (χ0) is 7.98. The molecule has 1 atom stereocenters. The minimum atomic E-state index is -0.720. The molecule has 10 heavy (non-hydrogen) atoms. The fraction of sp³-hybridized carbons (Fsp3) is 0.857. The molecule has 0 amide bonds. The van der Waals surface area contributed by atoms with Crippen LogP contribution < -0.4 is 0 Å². The van der Waals surface area contributed by atoms with Gasteiger partial charge in [0.25, 0.3) is 0 Å². The molecule has 0 aliphatic carbocycles. The molecule has 0 aromatic rings. The van der Waals surface area contributed by atoms with Gasteiger partial charge in [0.1, 0.15) is 0 Å². The van der Waals surface area contributed by atoms with Gasteiger partial charge in [-0.1, -0.05) is 6.42 Å². The van der Waals surface area contributed by atoms with Gasteiger partial charge in [0, 0.05) is 11.8 Å². The van der Waals surface area contributed by atoms with Crippen molar-refractivity contribution in [1.29, 1.82) is 0 Å². The lowest BCUT2D eigenvalue weighted by Crippen LogP contribution is -1.95. The highest BCUT2D eigenvalue weighted by Gasteiger charge is 1.98. The van der Waals surface area contributed by atoms with Crippen molar-refractivity contribution in [2.45, 2.75) is 38.0 Å². The average Bonchev–Trinajstić information content (AvgIpc) is 1.79. The summed E-state index contributed by atoms with van der Waals surface area (Å²) in [5, 5.41) is 8.42. The quantitative estimate of drug-likeness (QED) is 0.500. The predicted molar refractivity (Wildman–Crippen MR) is 41.4 cm³/mol. The van der Waals surface area contributed by atoms with E-state index < -0.39 is 5.97 Å². The number of carboxylic acids is 1. The summed E-state index contributed by atoms with van der Waals surface area (Å²) in [4.78, 5) is 10.0. The molecule has 0 heterocycles. The van der Waals surface area contributed by atoms with Crippen molar-refractivity contribution >= 4 is 17.6 Å². The Bertz CT molecular complexity index is 102. The van der Waals surface area contributed by atoms with Crippen molar-refractivity contribution in [1.82, 2.24) is 0 Å². The van der Waals surface area contributed by atoms with Crippen LogP contribution in [0.3, 0.4) is 0 Å². The third kappa shape index (κ3) is 7.76. The van der Waals surface area contributed by atoms with E-state index in [0.29, 0.717) is 0 Å². The van der Waals surface area contributed by atoms with E-state index >= 15 is 0 Å². The zero-order valence-corrected chi connectivity index (χ0v) is 6.90. The van der Waals surface area contributed by atoms with E-state index in [1.54, 1.807) is 0 Å². The topological polar surface area (TPSA) is 37.3 Å². The molecule has 3 heteroatoms. The number of carboxylic acid groups (broad SMARTS) is 1. The fourth-order valence-corrected chi connectivity index (χ4v) is 0.856. The van der Waals surface area contributed by atoms with E-state index in [2.05, 4.69) is 0 Å². The van der Waals surface area contributed by atoms with Crippen LogP contribution in [-0.4, -0.2) is 16.5 Å². The first-order valence-corrected chi connectivity index (χ1v) is 3.92. The number of halogens is 1. The summed E-state index contributed by atoms with van der Waals surface area (Å²) in [6, 6.07) is 0. The molecular formula is C7H13ClO2. The Labute approximate surface area is 66.2 Å². The Balaban J connectivity index is 2.98. The van der Waals surface area contributed by atoms with Gasteiger partial charge < -0.3 is 5.11 Å². The lowest BCUT2D eigenvalue weighted by atomic mass is 10.1. The molecule has 0 aromatic heterocycles. The number of alkyl halides is 1. The van der Waals surface area contributed by atoms with Crippen LogP contribution in [0.5, 0.6) is 0 Å². The van der Waals surface area contributed by atoms with Crippen LogP contribution in [-0.2, 0) is 4.79 Å². The summed E-state index contributed by atoms with van der Waals surface area (Å²) in [6.45, 7) is 1.92. The van der Waals surface area contributed by atoms with Crippen LogP contribution in [0.1, 0.15) is 32.6 Å². The van der Waals surface area contributed by atoms with Crippen molar-refractivity contribution < 1.29 is 9.90 Å². The normalized spacial score (nSPS) is 13.0. The Kier molecular flexibility index (Phi) is 5.40. The first-order chi connectivity index (χ1) is 4.63. The predicted octanol–water partition coefficient (Wildman–Crippen LogP) is 2.26. The monoisotopic (exact) mass is 164 g/mol. The minimum Gasteiger partial charge on any atom is -0.481 e. The Hall–Kier alpha value is -0.240. The summed E-state index contributed by atoms with van der Waals surface area (Å²) >= 11 is 5.65. The smallest absolute Gasteiger partial charge is 0.303 e. The number of hydrogen-bond donors (Lipinski definition) is 1. The van der Waals surface area contributed by atoms with E-state index in [1.165, 1.54) is 0 Å². The van der Waals surface area contributed by atoms with Crippen LogP contribution in [0.2, 0.25) is 0 Å². The van der Waals surface area contributed by atoms with Gasteiger partial charge in [-0.15, -0.1) is 11.6 Å². The third-order valence-corrected chi connectivity index (χ3v) is 1.46. The van der Waals surface area contributed by atoms with Crippen molar-refractivity contribution in [3.05, 3.63) is 0 Å². The highest BCUT2D eigenvalue weighted by Crippen LogP contribution is 2.07. The minimum absolute atomic E-state index is 0.175. The highest BCUT2D eigenvalue weighted by atomic mass is 35.5. The number of aliphatic carboxylic acids is 1. The molecule has 0 saturated carbocycles. The second-order valence-corrected chi connectivity index (χ2v) is 3.17. The SMILES string of the molecule is CC(Cl)CCCCC(=O)O. The molecule has 0 saturated heterocycles. The maximum atomic E-state index is 10.0. The molecule has 1 N–H and O–H groups in total. The van der Waals surface area contributed by atoms with Gasteiger partial charge in [-0.05, 0) is 19.8 Å². The highest BCUT2D eigenvalue weighted by molar-refractivity contribution is 6.20. The summed E-state index contributed by atoms with van der Waals surface area (Å²) in [5.74, 6) is -0.720. The Morgan fingerprint density at radius 3 is 2.60 bits per heavy atom. The van der Waals surface area contributed by atoms with Crippen molar-refractivity contribution in [3.63, 3.8) is 0 Å². The molecule has 1 unspecified atom stereocenters. The average molecular weight is 165 g/mol. The lowest BCUT2D eigenvalue weighted by Gasteiger charge is -1.99. The molecule has 0 spiro atoms. The summed E-state index contributed by atoms with van der Waals surface area (Å²) in [7, 11) is 0. The van der Waals surface area contributed by atoms with E-state index in [-0.39, 0.29) is 11.8 Å². The van der Waals surface area contributed by atoms with Crippen LogP contribution in [0, 0.1) is 0 Å². The van der Waals surface area contributed by atoms with E-state index in [0.717, 1.165) is 19.3 Å². The summed E-state index contributed by atoms with van der Waals surface area (Å²) in [6.07, 6.45) is 2.84. The van der Waals surface area contributed by atoms with Crippen LogP contribution >= 0.6 is 11.6 Å². The Morgan fingerprint density at radius 2 is 2.20 bits per heavy atom. The molecule has 0 bridgehead atoms. The molecular weight excluding hydrogens is 152 g/mol. The molecule has 0 aromatic carbocycles. The van der Waals surface area contributed by atoms with Gasteiger partial charge in [-0.2, -0.15) is 0 Å². The van der Waals surface area contributed by atoms with Gasteiger partial charge in [-0.25, -0.2) is 0 Å². The van der Waals surface area contributed by atoms with Gasteiger partial charge >= 0.3 is 5.97 Å². The van der Waals surface area contributed by atoms with Crippen LogP contribution in [0.25, 0.3) is 0 Å². The number of rotatable bonds is 5. The van der Waals surface area contributed by atoms with Gasteiger partial charge in [0.05, 0.1) is 0 Å². The molecule has 0 aliphatic heterocycles. The van der Waals surface area contributed by atoms with Gasteiger partial charge in [-0.3, -0.25) is 4.79 Å². The van der Waals surface area contributed by atoms with Crippen LogP contribution in [0.15, 0.2) is 0 Å². The second-order valence-electron chi connectivity index (χ2n) is 2.42. The maximum absolute atomic E-state index is 10.0. The fourth-order valence-electron chi connectivity index (χ4n) is 0.702. The van der Waals surface area contributed by atoms with E-state index in [1.807, 2.05) is 6.92 Å². The standard InChI is InChI=1S/C7H13ClO2/c1-6(8)4-2-3-5-7(9)10/h6H,2-5H2,1H3,(H,9,10). The molecule has 0 fully saturated rings. The molecule has 0 aliphatic rings. The zero-order valence-electron chi connectivity index (χ0n) is 6.14. The molecule has 60 valence electrons. The number of hydrogen-bond acceptors (Lipinski definition) is 1. The largest absolute Gasteiger partial charge is 0.481 e. The molecule has 2 nitrogen and oxygen atoms in total. The van der Waals surface area contributed by atoms with Crippen molar-refractivity contribution in [2.75, 3.05) is 0 Å². The second kappa shape index (κ2) is 5.54. The van der Waals surface area contributed by atoms with E-state index in [4.69, 9.17) is 16.7 Å². The number of carbonyl (C=O) groups is 1. The first kappa shape index (κ1) is 9.76. The lowest BCUT2D eigenvalue weighted by molar-refractivity contribution is -0.137. The third-order valence-electron chi connectivity index (χ3n) is 1.24. The Morgan fingerprint density at radius 1 is 1.60 bits per heavy atom.